The minimum absolute atomic E-state index is 0.103. The highest BCUT2D eigenvalue weighted by atomic mass is 19.4. The Hall–Kier alpha value is -3.04. The molecular weight excluding hydrogens is 404 g/mol. The van der Waals surface area contributed by atoms with Gasteiger partial charge in [0.25, 0.3) is 5.91 Å². The smallest absolute Gasteiger partial charge is 0.416 e. The number of hydrogen-bond acceptors (Lipinski definition) is 3. The summed E-state index contributed by atoms with van der Waals surface area (Å²) in [6.45, 7) is 1.16. The van der Waals surface area contributed by atoms with Gasteiger partial charge in [0.05, 0.1) is 16.7 Å². The number of benzene rings is 2. The van der Waals surface area contributed by atoms with Crippen molar-refractivity contribution in [3.63, 3.8) is 0 Å². The molecule has 1 unspecified atom stereocenters. The molecule has 0 heterocycles. The zero-order chi connectivity index (χ0) is 22.0. The number of alkyl halides is 6. The summed E-state index contributed by atoms with van der Waals surface area (Å²) in [6.07, 6.45) is -11.7. The second-order valence-corrected chi connectivity index (χ2v) is 6.07. The minimum atomic E-state index is -5.11. The highest BCUT2D eigenvalue weighted by molar-refractivity contribution is 5.98. The molecule has 2 aromatic rings. The number of carbonyl (C=O) groups excluding carboxylic acids is 2. The van der Waals surface area contributed by atoms with Gasteiger partial charge in [-0.05, 0) is 37.3 Å². The molecule has 0 aliphatic rings. The van der Waals surface area contributed by atoms with Crippen LogP contribution in [0.3, 0.4) is 0 Å². The Morgan fingerprint density at radius 3 is 1.83 bits per heavy atom. The Labute approximate surface area is 161 Å². The molecule has 0 saturated heterocycles. The first-order chi connectivity index (χ1) is 13.3. The van der Waals surface area contributed by atoms with Gasteiger partial charge >= 0.3 is 18.3 Å². The number of anilines is 1. The first-order valence-corrected chi connectivity index (χ1v) is 8.14. The summed E-state index contributed by atoms with van der Waals surface area (Å²) in [5.74, 6) is -2.20. The maximum Gasteiger partial charge on any atom is 0.416 e. The Balaban J connectivity index is 2.26. The molecule has 0 bridgehead atoms. The Kier molecular flexibility index (Phi) is 6.24. The van der Waals surface area contributed by atoms with E-state index < -0.39 is 47.0 Å². The van der Waals surface area contributed by atoms with Crippen LogP contribution < -0.4 is 4.90 Å². The third-order valence-corrected chi connectivity index (χ3v) is 3.93. The number of nitrogens with zero attached hydrogens (tertiary/aromatic N) is 1. The third kappa shape index (κ3) is 5.49. The van der Waals surface area contributed by atoms with E-state index in [2.05, 4.69) is 0 Å². The van der Waals surface area contributed by atoms with E-state index in [1.807, 2.05) is 0 Å². The minimum Gasteiger partial charge on any atom is -0.449 e. The number of amides is 1. The first kappa shape index (κ1) is 22.3. The molecule has 0 saturated carbocycles. The molecule has 0 fully saturated rings. The van der Waals surface area contributed by atoms with Crippen LogP contribution in [0.4, 0.5) is 32.0 Å². The van der Waals surface area contributed by atoms with Crippen LogP contribution in [0, 0.1) is 0 Å². The number of hydrogen-bond donors (Lipinski definition) is 0. The molecule has 4 nitrogen and oxygen atoms in total. The number of rotatable bonds is 4. The van der Waals surface area contributed by atoms with Crippen LogP contribution in [0.5, 0.6) is 0 Å². The molecule has 1 amide bonds. The Morgan fingerprint density at radius 2 is 1.38 bits per heavy atom. The fourth-order valence-corrected chi connectivity index (χ4v) is 2.40. The lowest BCUT2D eigenvalue weighted by Crippen LogP contribution is -2.37. The highest BCUT2D eigenvalue weighted by Gasteiger charge is 2.38. The van der Waals surface area contributed by atoms with Crippen LogP contribution in [-0.2, 0) is 21.9 Å². The van der Waals surface area contributed by atoms with Crippen LogP contribution in [0.2, 0.25) is 0 Å². The van der Waals surface area contributed by atoms with Crippen LogP contribution in [0.25, 0.3) is 0 Å². The lowest BCUT2D eigenvalue weighted by molar-refractivity contribution is -0.143. The molecule has 29 heavy (non-hydrogen) atoms. The van der Waals surface area contributed by atoms with E-state index in [1.54, 1.807) is 30.3 Å². The van der Waals surface area contributed by atoms with E-state index in [9.17, 15) is 35.9 Å². The van der Waals surface area contributed by atoms with Crippen molar-refractivity contribution in [2.45, 2.75) is 25.4 Å². The fourth-order valence-electron chi connectivity index (χ4n) is 2.40. The van der Waals surface area contributed by atoms with Crippen molar-refractivity contribution in [1.82, 2.24) is 0 Å². The molecular formula is C19H15F6NO3. The van der Waals surface area contributed by atoms with Gasteiger partial charge in [0.2, 0.25) is 0 Å². The van der Waals surface area contributed by atoms with Crippen LogP contribution in [0.1, 0.15) is 28.4 Å². The van der Waals surface area contributed by atoms with Crippen LogP contribution in [-0.4, -0.2) is 25.0 Å². The average molecular weight is 419 g/mol. The number of esters is 1. The zero-order valence-electron chi connectivity index (χ0n) is 15.1. The van der Waals surface area contributed by atoms with Crippen molar-refractivity contribution in [3.05, 3.63) is 65.2 Å². The van der Waals surface area contributed by atoms with Gasteiger partial charge in [-0.2, -0.15) is 26.3 Å². The van der Waals surface area contributed by atoms with Gasteiger partial charge in [-0.3, -0.25) is 4.79 Å². The van der Waals surface area contributed by atoms with Gasteiger partial charge in [0.15, 0.2) is 6.10 Å². The Bertz CT molecular complexity index is 861. The molecule has 10 heteroatoms. The summed E-state index contributed by atoms with van der Waals surface area (Å²) in [6, 6.07) is 8.58. The Morgan fingerprint density at radius 1 is 0.897 bits per heavy atom. The van der Waals surface area contributed by atoms with Crippen molar-refractivity contribution < 1.29 is 40.7 Å². The van der Waals surface area contributed by atoms with Gasteiger partial charge in [-0.25, -0.2) is 4.79 Å². The largest absolute Gasteiger partial charge is 0.449 e. The first-order valence-electron chi connectivity index (χ1n) is 8.14. The third-order valence-electron chi connectivity index (χ3n) is 3.93. The number of para-hydroxylation sites is 1. The second kappa shape index (κ2) is 8.14. The zero-order valence-corrected chi connectivity index (χ0v) is 15.1. The van der Waals surface area contributed by atoms with Crippen molar-refractivity contribution in [2.24, 2.45) is 0 Å². The van der Waals surface area contributed by atoms with Gasteiger partial charge in [0.1, 0.15) is 0 Å². The molecule has 156 valence electrons. The van der Waals surface area contributed by atoms with E-state index in [0.717, 1.165) is 11.8 Å². The second-order valence-electron chi connectivity index (χ2n) is 6.07. The lowest BCUT2D eigenvalue weighted by Gasteiger charge is -2.22. The predicted octanol–water partition coefficient (Wildman–Crippen LogP) is 4.93. The molecule has 0 spiro atoms. The van der Waals surface area contributed by atoms with Gasteiger partial charge in [-0.1, -0.05) is 18.2 Å². The van der Waals surface area contributed by atoms with E-state index in [0.29, 0.717) is 5.69 Å². The summed E-state index contributed by atoms with van der Waals surface area (Å²) in [5, 5.41) is 0. The van der Waals surface area contributed by atoms with E-state index >= 15 is 0 Å². The molecule has 0 radical (unpaired) electrons. The standard InChI is InChI=1S/C19H15F6NO3/c1-11(16(27)26(2)15-6-4-3-5-7-15)29-17(28)12-8-13(18(20,21)22)10-14(9-12)19(23,24)25/h3-11H,1-2H3. The number of likely N-dealkylation sites (N-methyl/N-ethyl adjacent to an activating group) is 1. The van der Waals surface area contributed by atoms with Crippen molar-refractivity contribution in [2.75, 3.05) is 11.9 Å². The molecule has 1 atom stereocenters. The average Bonchev–Trinajstić information content (AvgIpc) is 2.65. The molecule has 2 aromatic carbocycles. The number of ether oxygens (including phenoxy) is 1. The quantitative estimate of drug-likeness (QED) is 0.522. The normalized spacial score (nSPS) is 13.0. The molecule has 0 aliphatic carbocycles. The van der Waals surface area contributed by atoms with E-state index in [4.69, 9.17) is 4.74 Å². The summed E-state index contributed by atoms with van der Waals surface area (Å²) in [5.41, 5.74) is -3.81. The highest BCUT2D eigenvalue weighted by Crippen LogP contribution is 2.36. The van der Waals surface area contributed by atoms with Crippen LogP contribution in [0.15, 0.2) is 48.5 Å². The maximum absolute atomic E-state index is 12.9. The monoisotopic (exact) mass is 419 g/mol. The van der Waals surface area contributed by atoms with Gasteiger partial charge < -0.3 is 9.64 Å². The summed E-state index contributed by atoms with van der Waals surface area (Å²) in [4.78, 5) is 25.6. The molecule has 0 aliphatic heterocycles. The predicted molar refractivity (Wildman–Crippen MR) is 91.2 cm³/mol. The fraction of sp³-hybridized carbons (Fsp3) is 0.263. The maximum atomic E-state index is 12.9. The lowest BCUT2D eigenvalue weighted by atomic mass is 10.0. The number of carbonyl (C=O) groups is 2. The topological polar surface area (TPSA) is 46.6 Å². The van der Waals surface area contributed by atoms with Crippen LogP contribution >= 0.6 is 0 Å². The summed E-state index contributed by atoms with van der Waals surface area (Å²) in [7, 11) is 1.38. The van der Waals surface area contributed by atoms with E-state index in [-0.39, 0.29) is 18.2 Å². The van der Waals surface area contributed by atoms with Crippen molar-refractivity contribution >= 4 is 17.6 Å². The van der Waals surface area contributed by atoms with E-state index in [1.165, 1.54) is 7.05 Å². The molecule has 0 N–H and O–H groups in total. The summed E-state index contributed by atoms with van der Waals surface area (Å²) >= 11 is 0. The molecule has 2 rings (SSSR count). The van der Waals surface area contributed by atoms with Gasteiger partial charge in [0, 0.05) is 12.7 Å². The van der Waals surface area contributed by atoms with Gasteiger partial charge in [-0.15, -0.1) is 0 Å². The molecule has 0 aromatic heterocycles. The van der Waals surface area contributed by atoms with Crippen molar-refractivity contribution in [1.29, 1.82) is 0 Å². The van der Waals surface area contributed by atoms with Crippen molar-refractivity contribution in [3.8, 4) is 0 Å². The SMILES string of the molecule is CC(OC(=O)c1cc(C(F)(F)F)cc(C(F)(F)F)c1)C(=O)N(C)c1ccccc1. The summed E-state index contributed by atoms with van der Waals surface area (Å²) < 4.78 is 82.2. The number of halogens is 6.